The van der Waals surface area contributed by atoms with Crippen LogP contribution in [0.1, 0.15) is 32.6 Å². The lowest BCUT2D eigenvalue weighted by molar-refractivity contribution is 0.112. The molecule has 0 fully saturated rings. The van der Waals surface area contributed by atoms with Crippen LogP contribution in [0.3, 0.4) is 0 Å². The van der Waals surface area contributed by atoms with Gasteiger partial charge in [0.2, 0.25) is 0 Å². The molecule has 7 rings (SSSR count). The minimum atomic E-state index is -0.361. The van der Waals surface area contributed by atoms with Crippen molar-refractivity contribution in [1.29, 1.82) is 0 Å². The number of hydrogen-bond donors (Lipinski definition) is 0. The fourth-order valence-corrected chi connectivity index (χ4v) is 6.41. The van der Waals surface area contributed by atoms with Crippen molar-refractivity contribution in [2.24, 2.45) is 0 Å². The predicted octanol–water partition coefficient (Wildman–Crippen LogP) is 8.27. The normalized spacial score (nSPS) is 13.8. The second kappa shape index (κ2) is 7.12. The molecule has 1 spiro atoms. The molecule has 0 N–H and O–H groups in total. The monoisotopic (exact) mass is 498 g/mol. The van der Waals surface area contributed by atoms with Gasteiger partial charge in [0.25, 0.3) is 0 Å². The number of aldehydes is 1. The van der Waals surface area contributed by atoms with E-state index in [1.165, 1.54) is 44.5 Å². The van der Waals surface area contributed by atoms with Gasteiger partial charge in [-0.2, -0.15) is 0 Å². The molecular formula is C32H19BrO. The minimum absolute atomic E-state index is 0.361. The van der Waals surface area contributed by atoms with E-state index >= 15 is 0 Å². The molecule has 0 saturated heterocycles. The zero-order valence-corrected chi connectivity index (χ0v) is 19.8. The Balaban J connectivity index is 1.59. The van der Waals surface area contributed by atoms with Gasteiger partial charge in [-0.3, -0.25) is 4.79 Å². The molecule has 0 bridgehead atoms. The number of carbonyl (C=O) groups is 1. The van der Waals surface area contributed by atoms with Crippen molar-refractivity contribution >= 4 is 22.2 Å². The molecule has 0 aliphatic heterocycles. The first-order valence-electron chi connectivity index (χ1n) is 11.4. The average Bonchev–Trinajstić information content (AvgIpc) is 3.35. The largest absolute Gasteiger partial charge is 0.298 e. The van der Waals surface area contributed by atoms with Gasteiger partial charge in [0.05, 0.1) is 5.41 Å². The highest BCUT2D eigenvalue weighted by Crippen LogP contribution is 2.63. The van der Waals surface area contributed by atoms with Gasteiger partial charge in [0.15, 0.2) is 0 Å². The Kier molecular flexibility index (Phi) is 4.13. The van der Waals surface area contributed by atoms with Gasteiger partial charge < -0.3 is 0 Å². The number of rotatable bonds is 2. The first-order chi connectivity index (χ1) is 16.7. The highest BCUT2D eigenvalue weighted by Gasteiger charge is 2.51. The summed E-state index contributed by atoms with van der Waals surface area (Å²) >= 11 is 3.76. The Labute approximate surface area is 206 Å². The summed E-state index contributed by atoms with van der Waals surface area (Å²) in [5.74, 6) is 0. The van der Waals surface area contributed by atoms with Crippen LogP contribution in [0.2, 0.25) is 0 Å². The van der Waals surface area contributed by atoms with E-state index in [-0.39, 0.29) is 5.41 Å². The standard InChI is InChI=1S/C32H19BrO/c33-23-14-16-27-26-15-13-22(21-11-9-20(19-34)10-12-21)17-30(26)32(31(27)18-23)28-7-3-1-5-24(28)25-6-2-4-8-29(25)32/h1-19H. The molecule has 2 aliphatic rings. The molecule has 1 nitrogen and oxygen atoms in total. The summed E-state index contributed by atoms with van der Waals surface area (Å²) in [4.78, 5) is 11.2. The Morgan fingerprint density at radius 2 is 1.06 bits per heavy atom. The Morgan fingerprint density at radius 1 is 0.529 bits per heavy atom. The molecule has 2 aliphatic carbocycles. The molecule has 2 heteroatoms. The lowest BCUT2D eigenvalue weighted by Gasteiger charge is -2.30. The number of carbonyl (C=O) groups excluding carboxylic acids is 1. The summed E-state index contributed by atoms with van der Waals surface area (Å²) in [6.07, 6.45) is 0.891. The van der Waals surface area contributed by atoms with Crippen molar-refractivity contribution in [1.82, 2.24) is 0 Å². The van der Waals surface area contributed by atoms with Gasteiger partial charge in [-0.25, -0.2) is 0 Å². The first kappa shape index (κ1) is 19.7. The molecular weight excluding hydrogens is 480 g/mol. The van der Waals surface area contributed by atoms with Crippen molar-refractivity contribution in [2.45, 2.75) is 5.41 Å². The molecule has 0 radical (unpaired) electrons. The van der Waals surface area contributed by atoms with E-state index in [9.17, 15) is 4.79 Å². The molecule has 0 atom stereocenters. The number of halogens is 1. The maximum atomic E-state index is 11.2. The van der Waals surface area contributed by atoms with E-state index in [1.54, 1.807) is 0 Å². The zero-order valence-electron chi connectivity index (χ0n) is 18.3. The van der Waals surface area contributed by atoms with Crippen LogP contribution in [0, 0.1) is 0 Å². The third-order valence-electron chi connectivity index (χ3n) is 7.43. The van der Waals surface area contributed by atoms with E-state index in [2.05, 4.69) is 101 Å². The van der Waals surface area contributed by atoms with Gasteiger partial charge in [-0.05, 0) is 73.8 Å². The van der Waals surface area contributed by atoms with Crippen molar-refractivity contribution in [3.05, 3.63) is 141 Å². The van der Waals surface area contributed by atoms with Crippen molar-refractivity contribution < 1.29 is 4.79 Å². The molecule has 0 saturated carbocycles. The summed E-state index contributed by atoms with van der Waals surface area (Å²) in [5, 5.41) is 0. The fraction of sp³-hybridized carbons (Fsp3) is 0.0312. The van der Waals surface area contributed by atoms with Crippen LogP contribution >= 0.6 is 15.9 Å². The number of fused-ring (bicyclic) bond motifs is 10. The Morgan fingerprint density at radius 3 is 1.71 bits per heavy atom. The Bertz CT molecular complexity index is 1580. The molecule has 0 unspecified atom stereocenters. The zero-order chi connectivity index (χ0) is 22.9. The quantitative estimate of drug-likeness (QED) is 0.219. The van der Waals surface area contributed by atoms with Crippen molar-refractivity contribution in [3.8, 4) is 33.4 Å². The van der Waals surface area contributed by atoms with E-state index in [0.29, 0.717) is 5.56 Å². The van der Waals surface area contributed by atoms with Crippen LogP contribution in [-0.2, 0) is 5.41 Å². The SMILES string of the molecule is O=Cc1ccc(-c2ccc3c(c2)C2(c4ccccc4-c4ccccc42)c2cc(Br)ccc2-3)cc1. The second-order valence-electron chi connectivity index (χ2n) is 9.03. The van der Waals surface area contributed by atoms with Crippen molar-refractivity contribution in [2.75, 3.05) is 0 Å². The van der Waals surface area contributed by atoms with Gasteiger partial charge in [-0.15, -0.1) is 0 Å². The summed E-state index contributed by atoms with van der Waals surface area (Å²) in [6, 6.07) is 39.0. The number of benzene rings is 5. The molecule has 0 heterocycles. The highest BCUT2D eigenvalue weighted by molar-refractivity contribution is 9.10. The summed E-state index contributed by atoms with van der Waals surface area (Å²) < 4.78 is 1.09. The van der Waals surface area contributed by atoms with Gasteiger partial charge in [0.1, 0.15) is 6.29 Å². The lowest BCUT2D eigenvalue weighted by Crippen LogP contribution is -2.25. The van der Waals surface area contributed by atoms with Gasteiger partial charge in [-0.1, -0.05) is 107 Å². The van der Waals surface area contributed by atoms with Crippen LogP contribution in [0.15, 0.2) is 114 Å². The highest BCUT2D eigenvalue weighted by atomic mass is 79.9. The summed E-state index contributed by atoms with van der Waals surface area (Å²) in [5.41, 5.74) is 13.1. The fourth-order valence-electron chi connectivity index (χ4n) is 6.05. The van der Waals surface area contributed by atoms with E-state index in [0.717, 1.165) is 21.9 Å². The molecule has 5 aromatic rings. The van der Waals surface area contributed by atoms with Crippen LogP contribution in [0.4, 0.5) is 0 Å². The molecule has 0 aromatic heterocycles. The summed E-state index contributed by atoms with van der Waals surface area (Å²) in [7, 11) is 0. The minimum Gasteiger partial charge on any atom is -0.298 e. The van der Waals surface area contributed by atoms with E-state index in [1.807, 2.05) is 24.3 Å². The molecule has 5 aromatic carbocycles. The summed E-state index contributed by atoms with van der Waals surface area (Å²) in [6.45, 7) is 0. The van der Waals surface area contributed by atoms with E-state index < -0.39 is 0 Å². The third-order valence-corrected chi connectivity index (χ3v) is 7.93. The third kappa shape index (κ3) is 2.47. The van der Waals surface area contributed by atoms with Crippen LogP contribution in [0.25, 0.3) is 33.4 Å². The van der Waals surface area contributed by atoms with Crippen LogP contribution < -0.4 is 0 Å². The molecule has 34 heavy (non-hydrogen) atoms. The maximum absolute atomic E-state index is 11.2. The second-order valence-corrected chi connectivity index (χ2v) is 9.95. The van der Waals surface area contributed by atoms with Gasteiger partial charge >= 0.3 is 0 Å². The lowest BCUT2D eigenvalue weighted by atomic mass is 9.70. The predicted molar refractivity (Wildman–Crippen MR) is 141 cm³/mol. The van der Waals surface area contributed by atoms with Crippen LogP contribution in [0.5, 0.6) is 0 Å². The van der Waals surface area contributed by atoms with E-state index in [4.69, 9.17) is 0 Å². The van der Waals surface area contributed by atoms with Gasteiger partial charge in [0, 0.05) is 10.0 Å². The topological polar surface area (TPSA) is 17.1 Å². The average molecular weight is 499 g/mol. The molecule has 160 valence electrons. The smallest absolute Gasteiger partial charge is 0.150 e. The first-order valence-corrected chi connectivity index (χ1v) is 12.2. The Hall–Kier alpha value is -3.75. The van der Waals surface area contributed by atoms with Crippen LogP contribution in [-0.4, -0.2) is 6.29 Å². The van der Waals surface area contributed by atoms with Crippen molar-refractivity contribution in [3.63, 3.8) is 0 Å². The molecule has 0 amide bonds. The number of hydrogen-bond acceptors (Lipinski definition) is 1. The maximum Gasteiger partial charge on any atom is 0.150 e.